The van der Waals surface area contributed by atoms with E-state index in [2.05, 4.69) is 10.2 Å². The monoisotopic (exact) mass is 449 g/mol. The van der Waals surface area contributed by atoms with Crippen molar-refractivity contribution in [2.45, 2.75) is 37.6 Å². The Bertz CT molecular complexity index is 972. The maximum Gasteiger partial charge on any atom is 0.246 e. The van der Waals surface area contributed by atoms with E-state index in [4.69, 9.17) is 11.6 Å². The zero-order valence-electron chi connectivity index (χ0n) is 17.3. The quantitative estimate of drug-likeness (QED) is 0.657. The van der Waals surface area contributed by atoms with Crippen molar-refractivity contribution in [3.05, 3.63) is 59.1 Å². The van der Waals surface area contributed by atoms with Crippen LogP contribution < -0.4 is 5.32 Å². The van der Waals surface area contributed by atoms with Crippen molar-refractivity contribution in [1.82, 2.24) is 9.21 Å². The first-order valence-electron chi connectivity index (χ1n) is 10.3. The van der Waals surface area contributed by atoms with Gasteiger partial charge < -0.3 is 5.32 Å². The molecule has 0 aromatic heterocycles. The van der Waals surface area contributed by atoms with Crippen LogP contribution in [0.4, 0.5) is 5.69 Å². The molecule has 30 heavy (non-hydrogen) atoms. The van der Waals surface area contributed by atoms with Crippen LogP contribution in [0.15, 0.2) is 53.4 Å². The summed E-state index contributed by atoms with van der Waals surface area (Å²) >= 11 is 6.21. The molecule has 1 aliphatic heterocycles. The Morgan fingerprint density at radius 2 is 1.73 bits per heavy atom. The summed E-state index contributed by atoms with van der Waals surface area (Å²) in [6, 6.07) is 13.8. The van der Waals surface area contributed by atoms with Crippen LogP contribution >= 0.6 is 11.6 Å². The average Bonchev–Trinajstić information content (AvgIpc) is 3.25. The van der Waals surface area contributed by atoms with E-state index >= 15 is 0 Å². The minimum absolute atomic E-state index is 0.00287. The van der Waals surface area contributed by atoms with Crippen molar-refractivity contribution in [2.24, 2.45) is 0 Å². The van der Waals surface area contributed by atoms with E-state index in [0.717, 1.165) is 31.5 Å². The van der Waals surface area contributed by atoms with Gasteiger partial charge in [-0.1, -0.05) is 55.8 Å². The van der Waals surface area contributed by atoms with E-state index in [9.17, 15) is 13.2 Å². The fourth-order valence-corrected chi connectivity index (χ4v) is 5.81. The van der Waals surface area contributed by atoms with Gasteiger partial charge in [-0.05, 0) is 49.7 Å². The number of benzene rings is 2. The highest BCUT2D eigenvalue weighted by molar-refractivity contribution is 7.89. The Balaban J connectivity index is 1.90. The van der Waals surface area contributed by atoms with Gasteiger partial charge in [0.15, 0.2) is 0 Å². The summed E-state index contributed by atoms with van der Waals surface area (Å²) in [4.78, 5) is 15.4. The Kier molecular flexibility index (Phi) is 7.52. The van der Waals surface area contributed by atoms with Crippen molar-refractivity contribution < 1.29 is 13.2 Å². The molecule has 3 rings (SSSR count). The third-order valence-electron chi connectivity index (χ3n) is 5.39. The maximum absolute atomic E-state index is 13.2. The van der Waals surface area contributed by atoms with Gasteiger partial charge in [0.05, 0.1) is 5.02 Å². The number of sulfonamides is 1. The molecule has 162 valence electrons. The predicted octanol–water partition coefficient (Wildman–Crippen LogP) is 4.15. The second-order valence-corrected chi connectivity index (χ2v) is 9.59. The highest BCUT2D eigenvalue weighted by Crippen LogP contribution is 2.30. The molecule has 0 aliphatic carbocycles. The topological polar surface area (TPSA) is 69.7 Å². The van der Waals surface area contributed by atoms with Crippen LogP contribution in [0.25, 0.3) is 0 Å². The maximum atomic E-state index is 13.2. The molecule has 0 bridgehead atoms. The molecule has 1 saturated heterocycles. The van der Waals surface area contributed by atoms with Gasteiger partial charge in [-0.2, -0.15) is 4.31 Å². The number of hydrogen-bond donors (Lipinski definition) is 1. The zero-order valence-corrected chi connectivity index (χ0v) is 18.9. The number of carbonyl (C=O) groups excluding carboxylic acids is 1. The minimum Gasteiger partial charge on any atom is -0.324 e. The summed E-state index contributed by atoms with van der Waals surface area (Å²) in [5.74, 6) is -0.184. The molecule has 1 unspecified atom stereocenters. The normalized spacial score (nSPS) is 16.0. The van der Waals surface area contributed by atoms with Gasteiger partial charge in [0.1, 0.15) is 10.9 Å². The number of hydrogen-bond acceptors (Lipinski definition) is 4. The molecule has 1 heterocycles. The van der Waals surface area contributed by atoms with E-state index in [1.807, 2.05) is 30.3 Å². The molecule has 0 radical (unpaired) electrons. The molecule has 8 heteroatoms. The lowest BCUT2D eigenvalue weighted by atomic mass is 10.0. The Hall–Kier alpha value is -1.93. The SMILES string of the molecule is CCN(CC)S(=O)(=O)c1cc(NC(=O)C(c2ccccc2)N2CCCC2)ccc1Cl. The smallest absolute Gasteiger partial charge is 0.246 e. The molecular weight excluding hydrogens is 422 g/mol. The summed E-state index contributed by atoms with van der Waals surface area (Å²) in [6.45, 7) is 5.96. The van der Waals surface area contributed by atoms with Crippen molar-refractivity contribution in [3.8, 4) is 0 Å². The van der Waals surface area contributed by atoms with Crippen molar-refractivity contribution in [2.75, 3.05) is 31.5 Å². The molecule has 2 aromatic carbocycles. The van der Waals surface area contributed by atoms with Gasteiger partial charge in [0.25, 0.3) is 0 Å². The first kappa shape index (κ1) is 22.7. The Morgan fingerprint density at radius 3 is 2.33 bits per heavy atom. The summed E-state index contributed by atoms with van der Waals surface area (Å²) in [5.41, 5.74) is 1.33. The molecule has 6 nitrogen and oxygen atoms in total. The Labute approximate surface area is 183 Å². The summed E-state index contributed by atoms with van der Waals surface area (Å²) in [5, 5.41) is 3.05. The molecule has 1 fully saturated rings. The molecule has 2 aromatic rings. The average molecular weight is 450 g/mol. The van der Waals surface area contributed by atoms with Crippen LogP contribution in [0.1, 0.15) is 38.3 Å². The fraction of sp³-hybridized carbons (Fsp3) is 0.409. The first-order valence-corrected chi connectivity index (χ1v) is 12.1. The molecule has 1 amide bonds. The lowest BCUT2D eigenvalue weighted by molar-refractivity contribution is -0.121. The van der Waals surface area contributed by atoms with Gasteiger partial charge in [-0.15, -0.1) is 0 Å². The highest BCUT2D eigenvalue weighted by Gasteiger charge is 2.30. The second kappa shape index (κ2) is 9.92. The van der Waals surface area contributed by atoms with Gasteiger partial charge in [0, 0.05) is 18.8 Å². The summed E-state index contributed by atoms with van der Waals surface area (Å²) in [6.07, 6.45) is 2.12. The molecule has 1 atom stereocenters. The standard InChI is InChI=1S/C22H28ClN3O3S/c1-3-26(4-2)30(28,29)20-16-18(12-13-19(20)23)24-22(27)21(25-14-8-9-15-25)17-10-6-5-7-11-17/h5-7,10-13,16,21H,3-4,8-9,14-15H2,1-2H3,(H,24,27). The van der Waals surface area contributed by atoms with Gasteiger partial charge in [0.2, 0.25) is 15.9 Å². The molecule has 1 aliphatic rings. The van der Waals surface area contributed by atoms with Crippen LogP contribution in [0.2, 0.25) is 5.02 Å². The van der Waals surface area contributed by atoms with Crippen molar-refractivity contribution in [3.63, 3.8) is 0 Å². The molecular formula is C22H28ClN3O3S. The number of carbonyl (C=O) groups is 1. The third-order valence-corrected chi connectivity index (χ3v) is 7.92. The number of anilines is 1. The van der Waals surface area contributed by atoms with E-state index in [1.54, 1.807) is 19.9 Å². The first-order chi connectivity index (χ1) is 14.4. The van der Waals surface area contributed by atoms with Crippen LogP contribution in [-0.4, -0.2) is 49.7 Å². The zero-order chi connectivity index (χ0) is 21.7. The van der Waals surface area contributed by atoms with Crippen LogP contribution in [0.3, 0.4) is 0 Å². The lowest BCUT2D eigenvalue weighted by Gasteiger charge is -2.27. The van der Waals surface area contributed by atoms with Crippen molar-refractivity contribution in [1.29, 1.82) is 0 Å². The number of nitrogens with zero attached hydrogens (tertiary/aromatic N) is 2. The second-order valence-electron chi connectivity index (χ2n) is 7.28. The van der Waals surface area contributed by atoms with E-state index in [-0.39, 0.29) is 15.8 Å². The van der Waals surface area contributed by atoms with Crippen molar-refractivity contribution >= 4 is 33.2 Å². The van der Waals surface area contributed by atoms with Gasteiger partial charge in [-0.25, -0.2) is 8.42 Å². The number of likely N-dealkylation sites (tertiary alicyclic amines) is 1. The lowest BCUT2D eigenvalue weighted by Crippen LogP contribution is -2.35. The Morgan fingerprint density at radius 1 is 1.10 bits per heavy atom. The number of rotatable bonds is 8. The van der Waals surface area contributed by atoms with Crippen LogP contribution in [-0.2, 0) is 14.8 Å². The largest absolute Gasteiger partial charge is 0.324 e. The number of amides is 1. The minimum atomic E-state index is -3.74. The number of halogens is 1. The molecule has 0 saturated carbocycles. The summed E-state index contributed by atoms with van der Waals surface area (Å²) < 4.78 is 27.2. The fourth-order valence-electron chi connectivity index (χ4n) is 3.86. The van der Waals surface area contributed by atoms with E-state index < -0.39 is 16.1 Å². The predicted molar refractivity (Wildman–Crippen MR) is 120 cm³/mol. The van der Waals surface area contributed by atoms with Gasteiger partial charge >= 0.3 is 0 Å². The van der Waals surface area contributed by atoms with Crippen LogP contribution in [0.5, 0.6) is 0 Å². The van der Waals surface area contributed by atoms with E-state index in [1.165, 1.54) is 16.4 Å². The highest BCUT2D eigenvalue weighted by atomic mass is 35.5. The third kappa shape index (κ3) is 4.86. The summed E-state index contributed by atoms with van der Waals surface area (Å²) in [7, 11) is -3.74. The molecule has 1 N–H and O–H groups in total. The molecule has 0 spiro atoms. The van der Waals surface area contributed by atoms with Crippen LogP contribution in [0, 0.1) is 0 Å². The van der Waals surface area contributed by atoms with E-state index in [0.29, 0.717) is 18.8 Å². The number of nitrogens with one attached hydrogen (secondary N) is 1. The van der Waals surface area contributed by atoms with Gasteiger partial charge in [-0.3, -0.25) is 9.69 Å².